The minimum atomic E-state index is -0.191. The Hall–Kier alpha value is -2.54. The number of amides is 1. The van der Waals surface area contributed by atoms with Crippen molar-refractivity contribution in [2.24, 2.45) is 0 Å². The van der Waals surface area contributed by atoms with Crippen molar-refractivity contribution in [1.29, 1.82) is 0 Å². The van der Waals surface area contributed by atoms with Crippen LogP contribution in [0.5, 0.6) is 0 Å². The van der Waals surface area contributed by atoms with E-state index in [-0.39, 0.29) is 11.5 Å². The van der Waals surface area contributed by atoms with E-state index in [9.17, 15) is 9.59 Å². The summed E-state index contributed by atoms with van der Waals surface area (Å²) < 4.78 is 1.28. The van der Waals surface area contributed by atoms with Crippen LogP contribution >= 0.6 is 11.3 Å². The monoisotopic (exact) mass is 342 g/mol. The standard InChI is InChI=1S/C17H18N4O2S/c1-12-8-11-24-15(12)6-7-16(22)18-9-10-21-17(23)13-4-2-3-5-14(13)19-20-21/h2-5,8,11H,6-7,9-10H2,1H3,(H,18,22). The summed E-state index contributed by atoms with van der Waals surface area (Å²) >= 11 is 1.67. The van der Waals surface area contributed by atoms with Crippen LogP contribution in [0.25, 0.3) is 10.9 Å². The molecule has 0 aliphatic carbocycles. The predicted octanol–water partition coefficient (Wildman–Crippen LogP) is 1.91. The van der Waals surface area contributed by atoms with Gasteiger partial charge in [0.25, 0.3) is 5.56 Å². The topological polar surface area (TPSA) is 76.9 Å². The molecule has 3 rings (SSSR count). The van der Waals surface area contributed by atoms with Gasteiger partial charge in [-0.05, 0) is 42.5 Å². The lowest BCUT2D eigenvalue weighted by molar-refractivity contribution is -0.121. The van der Waals surface area contributed by atoms with Gasteiger partial charge in [-0.3, -0.25) is 9.59 Å². The number of benzene rings is 1. The third-order valence-corrected chi connectivity index (χ3v) is 4.91. The lowest BCUT2D eigenvalue weighted by atomic mass is 10.2. The van der Waals surface area contributed by atoms with Crippen LogP contribution in [0.15, 0.2) is 40.5 Å². The third kappa shape index (κ3) is 3.68. The number of rotatable bonds is 6. The minimum absolute atomic E-state index is 0.0235. The van der Waals surface area contributed by atoms with E-state index in [4.69, 9.17) is 0 Å². The molecule has 7 heteroatoms. The van der Waals surface area contributed by atoms with E-state index in [1.807, 2.05) is 11.4 Å². The molecule has 124 valence electrons. The number of carbonyl (C=O) groups is 1. The van der Waals surface area contributed by atoms with E-state index in [2.05, 4.69) is 28.6 Å². The highest BCUT2D eigenvalue weighted by Crippen LogP contribution is 2.17. The molecule has 1 N–H and O–H groups in total. The largest absolute Gasteiger partial charge is 0.354 e. The molecule has 0 saturated carbocycles. The number of aromatic nitrogens is 3. The maximum absolute atomic E-state index is 12.3. The first-order chi connectivity index (χ1) is 11.6. The zero-order chi connectivity index (χ0) is 16.9. The summed E-state index contributed by atoms with van der Waals surface area (Å²) in [6.45, 7) is 2.71. The Morgan fingerprint density at radius 2 is 2.12 bits per heavy atom. The Bertz CT molecular complexity index is 916. The van der Waals surface area contributed by atoms with E-state index >= 15 is 0 Å². The van der Waals surface area contributed by atoms with Crippen LogP contribution in [0.3, 0.4) is 0 Å². The number of thiophene rings is 1. The summed E-state index contributed by atoms with van der Waals surface area (Å²) in [5, 5.41) is 13.3. The van der Waals surface area contributed by atoms with Gasteiger partial charge in [0.05, 0.1) is 11.9 Å². The van der Waals surface area contributed by atoms with Crippen molar-refractivity contribution in [1.82, 2.24) is 20.3 Å². The van der Waals surface area contributed by atoms with Gasteiger partial charge in [-0.1, -0.05) is 17.3 Å². The van der Waals surface area contributed by atoms with E-state index in [1.54, 1.807) is 29.5 Å². The molecule has 0 bridgehead atoms. The Morgan fingerprint density at radius 1 is 1.29 bits per heavy atom. The molecule has 0 fully saturated rings. The zero-order valence-corrected chi connectivity index (χ0v) is 14.2. The van der Waals surface area contributed by atoms with Gasteiger partial charge in [-0.25, -0.2) is 4.68 Å². The van der Waals surface area contributed by atoms with E-state index in [0.29, 0.717) is 30.4 Å². The fourth-order valence-corrected chi connectivity index (χ4v) is 3.36. The highest BCUT2D eigenvalue weighted by atomic mass is 32.1. The number of hydrogen-bond acceptors (Lipinski definition) is 5. The van der Waals surface area contributed by atoms with Gasteiger partial charge in [0.2, 0.25) is 5.91 Å². The summed E-state index contributed by atoms with van der Waals surface area (Å²) in [6.07, 6.45) is 1.19. The number of nitrogens with zero attached hydrogens (tertiary/aromatic N) is 3. The predicted molar refractivity (Wildman–Crippen MR) is 94.2 cm³/mol. The molecule has 0 aliphatic heterocycles. The van der Waals surface area contributed by atoms with Gasteiger partial charge in [-0.2, -0.15) is 0 Å². The Labute approximate surface area is 143 Å². The number of fused-ring (bicyclic) bond motifs is 1. The maximum Gasteiger partial charge on any atom is 0.277 e. The molecule has 3 aromatic rings. The lowest BCUT2D eigenvalue weighted by Crippen LogP contribution is -2.32. The van der Waals surface area contributed by atoms with Crippen LogP contribution in [0.2, 0.25) is 0 Å². The van der Waals surface area contributed by atoms with Crippen molar-refractivity contribution < 1.29 is 4.79 Å². The van der Waals surface area contributed by atoms with Crippen molar-refractivity contribution in [3.05, 3.63) is 56.5 Å². The maximum atomic E-state index is 12.3. The zero-order valence-electron chi connectivity index (χ0n) is 13.4. The molecule has 1 amide bonds. The summed E-state index contributed by atoms with van der Waals surface area (Å²) in [5.41, 5.74) is 1.61. The molecule has 2 aromatic heterocycles. The first-order valence-corrected chi connectivity index (χ1v) is 8.65. The van der Waals surface area contributed by atoms with Gasteiger partial charge in [0, 0.05) is 17.8 Å². The smallest absolute Gasteiger partial charge is 0.277 e. The molecule has 24 heavy (non-hydrogen) atoms. The molecule has 6 nitrogen and oxygen atoms in total. The normalized spacial score (nSPS) is 10.9. The summed E-state index contributed by atoms with van der Waals surface area (Å²) in [7, 11) is 0. The molecule has 0 spiro atoms. The highest BCUT2D eigenvalue weighted by Gasteiger charge is 2.07. The van der Waals surface area contributed by atoms with Gasteiger partial charge in [0.1, 0.15) is 5.52 Å². The third-order valence-electron chi connectivity index (χ3n) is 3.82. The fraction of sp³-hybridized carbons (Fsp3) is 0.294. The van der Waals surface area contributed by atoms with E-state index < -0.39 is 0 Å². The van der Waals surface area contributed by atoms with Crippen LogP contribution in [-0.4, -0.2) is 27.4 Å². The second kappa shape index (κ2) is 7.35. The van der Waals surface area contributed by atoms with Crippen molar-refractivity contribution in [3.8, 4) is 0 Å². The van der Waals surface area contributed by atoms with Crippen molar-refractivity contribution in [2.45, 2.75) is 26.3 Å². The Morgan fingerprint density at radius 3 is 2.92 bits per heavy atom. The number of hydrogen-bond donors (Lipinski definition) is 1. The van der Waals surface area contributed by atoms with Crippen molar-refractivity contribution >= 4 is 28.1 Å². The molecular weight excluding hydrogens is 324 g/mol. The molecule has 2 heterocycles. The van der Waals surface area contributed by atoms with Gasteiger partial charge < -0.3 is 5.32 Å². The molecule has 0 saturated heterocycles. The quantitative estimate of drug-likeness (QED) is 0.742. The Balaban J connectivity index is 1.53. The highest BCUT2D eigenvalue weighted by molar-refractivity contribution is 7.10. The van der Waals surface area contributed by atoms with Crippen LogP contribution in [0, 0.1) is 6.92 Å². The molecule has 0 aliphatic rings. The first-order valence-electron chi connectivity index (χ1n) is 7.77. The minimum Gasteiger partial charge on any atom is -0.354 e. The van der Waals surface area contributed by atoms with Gasteiger partial charge in [-0.15, -0.1) is 16.4 Å². The fourth-order valence-electron chi connectivity index (χ4n) is 2.45. The number of carbonyl (C=O) groups excluding carboxylic acids is 1. The van der Waals surface area contributed by atoms with Crippen LogP contribution in [0.4, 0.5) is 0 Å². The summed E-state index contributed by atoms with van der Waals surface area (Å²) in [5.74, 6) is -0.0235. The summed E-state index contributed by atoms with van der Waals surface area (Å²) in [4.78, 5) is 25.4. The van der Waals surface area contributed by atoms with Gasteiger partial charge in [0.15, 0.2) is 0 Å². The SMILES string of the molecule is Cc1ccsc1CCC(=O)NCCn1nnc2ccccc2c1=O. The first kappa shape index (κ1) is 16.3. The number of nitrogens with one attached hydrogen (secondary N) is 1. The molecule has 0 unspecified atom stereocenters. The summed E-state index contributed by atoms with van der Waals surface area (Å²) in [6, 6.07) is 9.15. The second-order valence-corrected chi connectivity index (χ2v) is 6.51. The molecular formula is C17H18N4O2S. The van der Waals surface area contributed by atoms with E-state index in [1.165, 1.54) is 15.1 Å². The van der Waals surface area contributed by atoms with Crippen molar-refractivity contribution in [3.63, 3.8) is 0 Å². The van der Waals surface area contributed by atoms with Crippen molar-refractivity contribution in [2.75, 3.05) is 6.54 Å². The van der Waals surface area contributed by atoms with Gasteiger partial charge >= 0.3 is 0 Å². The Kier molecular flexibility index (Phi) is 5.00. The molecule has 0 atom stereocenters. The number of aryl methyl sites for hydroxylation is 2. The molecule has 1 aromatic carbocycles. The average molecular weight is 342 g/mol. The van der Waals surface area contributed by atoms with Crippen LogP contribution in [0.1, 0.15) is 16.9 Å². The van der Waals surface area contributed by atoms with Crippen LogP contribution < -0.4 is 10.9 Å². The molecule has 0 radical (unpaired) electrons. The second-order valence-electron chi connectivity index (χ2n) is 5.51. The van der Waals surface area contributed by atoms with Crippen LogP contribution in [-0.2, 0) is 17.8 Å². The van der Waals surface area contributed by atoms with E-state index in [0.717, 1.165) is 6.42 Å². The average Bonchev–Trinajstić information content (AvgIpc) is 3.00. The lowest BCUT2D eigenvalue weighted by Gasteiger charge is -2.07.